The van der Waals surface area contributed by atoms with Crippen molar-refractivity contribution in [3.8, 4) is 11.1 Å². The lowest BCUT2D eigenvalue weighted by Crippen LogP contribution is -2.44. The molecule has 3 heterocycles. The number of nitrogens with one attached hydrogen (secondary N) is 1. The van der Waals surface area contributed by atoms with E-state index in [9.17, 15) is 9.59 Å². The van der Waals surface area contributed by atoms with Crippen molar-refractivity contribution in [1.29, 1.82) is 0 Å². The van der Waals surface area contributed by atoms with Gasteiger partial charge in [-0.05, 0) is 53.6 Å². The van der Waals surface area contributed by atoms with E-state index in [1.54, 1.807) is 11.1 Å². The molecule has 1 saturated heterocycles. The standard InChI is InChI=1S/C30H29N5O2S/c1-33-14-16-34(17-15-33)25-10-7-21(8-11-25)23-9-12-26-24(19-23)20-35(29(26)37)27(22-5-3-2-4-6-22)28(36)32-30-31-13-18-38-30/h2-13,18-19,27H,14-17,20H2,1H3,(H,31,32,36)/t27-/m1/s1. The van der Waals surface area contributed by atoms with Gasteiger partial charge in [-0.15, -0.1) is 11.3 Å². The number of nitrogens with zero attached hydrogens (tertiary/aromatic N) is 4. The summed E-state index contributed by atoms with van der Waals surface area (Å²) in [6.07, 6.45) is 1.65. The topological polar surface area (TPSA) is 68.8 Å². The molecule has 0 saturated carbocycles. The van der Waals surface area contributed by atoms with E-state index in [0.717, 1.165) is 48.4 Å². The molecule has 2 aliphatic rings. The van der Waals surface area contributed by atoms with Gasteiger partial charge in [0.1, 0.15) is 6.04 Å². The monoisotopic (exact) mass is 523 g/mol. The number of carbonyl (C=O) groups excluding carboxylic acids is 2. The summed E-state index contributed by atoms with van der Waals surface area (Å²) in [6.45, 7) is 4.58. The van der Waals surface area contributed by atoms with E-state index in [2.05, 4.69) is 57.5 Å². The summed E-state index contributed by atoms with van der Waals surface area (Å²) < 4.78 is 0. The Morgan fingerprint density at radius 1 is 0.947 bits per heavy atom. The van der Waals surface area contributed by atoms with Gasteiger partial charge in [-0.1, -0.05) is 48.5 Å². The van der Waals surface area contributed by atoms with E-state index >= 15 is 0 Å². The van der Waals surface area contributed by atoms with Crippen molar-refractivity contribution in [2.24, 2.45) is 0 Å². The molecule has 38 heavy (non-hydrogen) atoms. The van der Waals surface area contributed by atoms with Crippen molar-refractivity contribution in [3.05, 3.63) is 101 Å². The van der Waals surface area contributed by atoms with Crippen molar-refractivity contribution < 1.29 is 9.59 Å². The van der Waals surface area contributed by atoms with Crippen LogP contribution in [0.5, 0.6) is 0 Å². The maximum atomic E-state index is 13.5. The molecular weight excluding hydrogens is 494 g/mol. The molecule has 4 aromatic rings. The van der Waals surface area contributed by atoms with Crippen LogP contribution in [0.4, 0.5) is 10.8 Å². The van der Waals surface area contributed by atoms with Gasteiger partial charge in [0.05, 0.1) is 0 Å². The average Bonchev–Trinajstić information content (AvgIpc) is 3.57. The number of benzene rings is 3. The second-order valence-electron chi connectivity index (χ2n) is 9.78. The maximum absolute atomic E-state index is 13.5. The van der Waals surface area contributed by atoms with Gasteiger partial charge in [0.2, 0.25) is 0 Å². The van der Waals surface area contributed by atoms with Crippen LogP contribution < -0.4 is 10.2 Å². The van der Waals surface area contributed by atoms with Gasteiger partial charge >= 0.3 is 0 Å². The molecule has 8 heteroatoms. The van der Waals surface area contributed by atoms with E-state index in [0.29, 0.717) is 17.2 Å². The first-order chi connectivity index (χ1) is 18.6. The molecule has 0 bridgehead atoms. The molecule has 6 rings (SSSR count). The first kappa shape index (κ1) is 24.3. The normalized spacial score (nSPS) is 16.4. The summed E-state index contributed by atoms with van der Waals surface area (Å²) in [5, 5.41) is 5.21. The fourth-order valence-electron chi connectivity index (χ4n) is 5.23. The Labute approximate surface area is 226 Å². The first-order valence-corrected chi connectivity index (χ1v) is 13.7. The molecule has 0 radical (unpaired) electrons. The zero-order valence-corrected chi connectivity index (χ0v) is 22.0. The van der Waals surface area contributed by atoms with Crippen molar-refractivity contribution in [2.75, 3.05) is 43.4 Å². The molecule has 192 valence electrons. The minimum absolute atomic E-state index is 0.139. The second-order valence-corrected chi connectivity index (χ2v) is 10.7. The van der Waals surface area contributed by atoms with Crippen LogP contribution in [-0.2, 0) is 11.3 Å². The van der Waals surface area contributed by atoms with Gasteiger partial charge in [0.25, 0.3) is 11.8 Å². The van der Waals surface area contributed by atoms with Crippen LogP contribution in [0.1, 0.15) is 27.5 Å². The van der Waals surface area contributed by atoms with E-state index in [1.807, 2.05) is 47.8 Å². The zero-order chi connectivity index (χ0) is 26.1. The molecule has 1 fully saturated rings. The van der Waals surface area contributed by atoms with Crippen LogP contribution in [0.2, 0.25) is 0 Å². The molecule has 7 nitrogen and oxygen atoms in total. The van der Waals surface area contributed by atoms with Crippen LogP contribution in [0.3, 0.4) is 0 Å². The van der Waals surface area contributed by atoms with E-state index < -0.39 is 6.04 Å². The second kappa shape index (κ2) is 10.4. The number of aromatic nitrogens is 1. The fraction of sp³-hybridized carbons (Fsp3) is 0.233. The summed E-state index contributed by atoms with van der Waals surface area (Å²) in [7, 11) is 2.16. The minimum Gasteiger partial charge on any atom is -0.369 e. The summed E-state index contributed by atoms with van der Waals surface area (Å²) in [5.74, 6) is -0.410. The average molecular weight is 524 g/mol. The highest BCUT2D eigenvalue weighted by atomic mass is 32.1. The van der Waals surface area contributed by atoms with E-state index in [1.165, 1.54) is 17.0 Å². The quantitative estimate of drug-likeness (QED) is 0.390. The van der Waals surface area contributed by atoms with Gasteiger partial charge in [-0.3, -0.25) is 14.9 Å². The molecule has 0 unspecified atom stereocenters. The summed E-state index contributed by atoms with van der Waals surface area (Å²) in [5.41, 5.74) is 5.75. The molecule has 2 amide bonds. The smallest absolute Gasteiger partial charge is 0.255 e. The Morgan fingerprint density at radius 3 is 2.39 bits per heavy atom. The lowest BCUT2D eigenvalue weighted by molar-refractivity contribution is -0.120. The Hall–Kier alpha value is -4.01. The molecule has 2 aliphatic heterocycles. The van der Waals surface area contributed by atoms with Gasteiger partial charge < -0.3 is 14.7 Å². The molecule has 3 aromatic carbocycles. The highest BCUT2D eigenvalue weighted by Crippen LogP contribution is 2.35. The molecule has 0 aliphatic carbocycles. The molecule has 0 spiro atoms. The van der Waals surface area contributed by atoms with Crippen molar-refractivity contribution in [3.63, 3.8) is 0 Å². The highest BCUT2D eigenvalue weighted by Gasteiger charge is 2.37. The van der Waals surface area contributed by atoms with E-state index in [-0.39, 0.29) is 11.8 Å². The number of thiazole rings is 1. The lowest BCUT2D eigenvalue weighted by atomic mass is 10.00. The Morgan fingerprint density at radius 2 is 1.68 bits per heavy atom. The summed E-state index contributed by atoms with van der Waals surface area (Å²) in [6, 6.07) is 23.3. The van der Waals surface area contributed by atoms with Crippen LogP contribution in [-0.4, -0.2) is 59.8 Å². The molecule has 1 aromatic heterocycles. The fourth-order valence-corrected chi connectivity index (χ4v) is 5.76. The lowest BCUT2D eigenvalue weighted by Gasteiger charge is -2.34. The maximum Gasteiger partial charge on any atom is 0.255 e. The Balaban J connectivity index is 1.24. The number of carbonyl (C=O) groups is 2. The number of amides is 2. The van der Waals surface area contributed by atoms with Crippen molar-refractivity contribution in [1.82, 2.24) is 14.8 Å². The van der Waals surface area contributed by atoms with Gasteiger partial charge in [-0.2, -0.15) is 0 Å². The van der Waals surface area contributed by atoms with Crippen LogP contribution in [0.15, 0.2) is 84.4 Å². The number of anilines is 2. The molecular formula is C30H29N5O2S. The van der Waals surface area contributed by atoms with Crippen LogP contribution in [0.25, 0.3) is 11.1 Å². The third-order valence-electron chi connectivity index (χ3n) is 7.34. The van der Waals surface area contributed by atoms with Crippen molar-refractivity contribution >= 4 is 34.0 Å². The van der Waals surface area contributed by atoms with Gasteiger partial charge in [0.15, 0.2) is 5.13 Å². The third-order valence-corrected chi connectivity index (χ3v) is 8.03. The number of likely N-dealkylation sites (N-methyl/N-ethyl adjacent to an activating group) is 1. The number of piperazine rings is 1. The van der Waals surface area contributed by atoms with E-state index in [4.69, 9.17) is 0 Å². The summed E-state index contributed by atoms with van der Waals surface area (Å²) in [4.78, 5) is 37.6. The number of hydrogen-bond donors (Lipinski definition) is 1. The van der Waals surface area contributed by atoms with Crippen molar-refractivity contribution in [2.45, 2.75) is 12.6 Å². The molecule has 1 N–H and O–H groups in total. The van der Waals surface area contributed by atoms with Crippen LogP contribution in [0, 0.1) is 0 Å². The number of fused-ring (bicyclic) bond motifs is 1. The zero-order valence-electron chi connectivity index (χ0n) is 21.2. The Bertz CT molecular complexity index is 1430. The van der Waals surface area contributed by atoms with Gasteiger partial charge in [0, 0.05) is 55.6 Å². The summed E-state index contributed by atoms with van der Waals surface area (Å²) >= 11 is 1.35. The third kappa shape index (κ3) is 4.80. The number of rotatable bonds is 6. The van der Waals surface area contributed by atoms with Gasteiger partial charge in [-0.25, -0.2) is 4.98 Å². The SMILES string of the molecule is CN1CCN(c2ccc(-c3ccc4c(c3)CN([C@@H](C(=O)Nc3nccs3)c3ccccc3)C4=O)cc2)CC1. The highest BCUT2D eigenvalue weighted by molar-refractivity contribution is 7.13. The molecule has 1 atom stereocenters. The predicted molar refractivity (Wildman–Crippen MR) is 151 cm³/mol. The number of hydrogen-bond acceptors (Lipinski definition) is 6. The van der Waals surface area contributed by atoms with Crippen LogP contribution >= 0.6 is 11.3 Å². The first-order valence-electron chi connectivity index (χ1n) is 12.8. The minimum atomic E-state index is -0.758. The largest absolute Gasteiger partial charge is 0.369 e. The Kier molecular flexibility index (Phi) is 6.66. The predicted octanol–water partition coefficient (Wildman–Crippen LogP) is 4.90.